The van der Waals surface area contributed by atoms with Crippen LogP contribution in [0.2, 0.25) is 15.1 Å². The number of hydrogen-bond donors (Lipinski definition) is 3. The van der Waals surface area contributed by atoms with E-state index in [9.17, 15) is 24.3 Å². The van der Waals surface area contributed by atoms with Crippen LogP contribution in [0.25, 0.3) is 0 Å². The van der Waals surface area contributed by atoms with Gasteiger partial charge in [0.15, 0.2) is 12.4 Å². The van der Waals surface area contributed by atoms with Gasteiger partial charge < -0.3 is 16.2 Å². The van der Waals surface area contributed by atoms with Crippen LogP contribution in [0.4, 0.5) is 0 Å². The van der Waals surface area contributed by atoms with Crippen molar-refractivity contribution in [1.82, 2.24) is 10.2 Å². The standard InChI is InChI=1S/C23H19Cl3N4O5S3/c24-13-5-15(26)16(6-14(13)25)37-10-18(32)28-19-21(33)30-20(23(34)35)11(9-38-22(19)30)8-36-12-1-3-29(4-2-12)7-17(27)31/h1-6,19,22H,7-10H2,(H3-,27,28,31,32,34,35)/p+1/t19-,22-/m1/s1. The lowest BCUT2D eigenvalue weighted by Gasteiger charge is -2.49. The van der Waals surface area contributed by atoms with E-state index in [0.29, 0.717) is 37.0 Å². The van der Waals surface area contributed by atoms with Gasteiger partial charge in [-0.25, -0.2) is 4.79 Å². The Kier molecular flexibility index (Phi) is 9.43. The van der Waals surface area contributed by atoms with Crippen molar-refractivity contribution in [2.24, 2.45) is 5.73 Å². The smallest absolute Gasteiger partial charge is 0.352 e. The highest BCUT2D eigenvalue weighted by Crippen LogP contribution is 2.42. The minimum absolute atomic E-state index is 0.0150. The van der Waals surface area contributed by atoms with Gasteiger partial charge in [0.25, 0.3) is 11.8 Å². The number of carboxylic acids is 1. The Morgan fingerprint density at radius 2 is 1.82 bits per heavy atom. The molecule has 4 N–H and O–H groups in total. The second-order valence-corrected chi connectivity index (χ2v) is 12.6. The van der Waals surface area contributed by atoms with E-state index >= 15 is 0 Å². The fourth-order valence-electron chi connectivity index (χ4n) is 3.76. The number of aromatic nitrogens is 1. The van der Waals surface area contributed by atoms with Crippen molar-refractivity contribution in [3.63, 3.8) is 0 Å². The summed E-state index contributed by atoms with van der Waals surface area (Å²) in [6.07, 6.45) is 3.43. The number of aliphatic carboxylic acids is 1. The molecule has 0 radical (unpaired) electrons. The summed E-state index contributed by atoms with van der Waals surface area (Å²) in [4.78, 5) is 51.3. The lowest BCUT2D eigenvalue weighted by Crippen LogP contribution is -2.70. The predicted molar refractivity (Wildman–Crippen MR) is 148 cm³/mol. The molecule has 3 heterocycles. The number of rotatable bonds is 10. The van der Waals surface area contributed by atoms with Gasteiger partial charge in [-0.2, -0.15) is 4.57 Å². The summed E-state index contributed by atoms with van der Waals surface area (Å²) in [6.45, 7) is 0.0635. The molecule has 4 rings (SSSR count). The zero-order valence-electron chi connectivity index (χ0n) is 19.4. The van der Waals surface area contributed by atoms with Gasteiger partial charge in [-0.15, -0.1) is 35.3 Å². The monoisotopic (exact) mass is 633 g/mol. The van der Waals surface area contributed by atoms with Gasteiger partial charge >= 0.3 is 5.97 Å². The first-order valence-corrected chi connectivity index (χ1v) is 15.1. The van der Waals surface area contributed by atoms with Gasteiger partial charge in [0.05, 0.1) is 20.8 Å². The molecule has 0 saturated carbocycles. The Bertz CT molecular complexity index is 1340. The quantitative estimate of drug-likeness (QED) is 0.157. The first-order valence-electron chi connectivity index (χ1n) is 10.9. The highest BCUT2D eigenvalue weighted by molar-refractivity contribution is 8.01. The molecular formula is C23H20Cl3N4O5S3+. The molecule has 0 spiro atoms. The Morgan fingerprint density at radius 3 is 2.47 bits per heavy atom. The summed E-state index contributed by atoms with van der Waals surface area (Å²) in [6, 6.07) is 5.84. The number of carboxylic acid groups (broad SMARTS) is 1. The third-order valence-electron chi connectivity index (χ3n) is 5.51. The van der Waals surface area contributed by atoms with Gasteiger partial charge in [-0.1, -0.05) is 34.8 Å². The van der Waals surface area contributed by atoms with Gasteiger partial charge in [0.2, 0.25) is 12.5 Å². The van der Waals surface area contributed by atoms with Crippen molar-refractivity contribution in [3.8, 4) is 0 Å². The van der Waals surface area contributed by atoms with E-state index in [4.69, 9.17) is 40.5 Å². The molecule has 0 bridgehead atoms. The summed E-state index contributed by atoms with van der Waals surface area (Å²) in [7, 11) is 0. The molecule has 15 heteroatoms. The summed E-state index contributed by atoms with van der Waals surface area (Å²) < 4.78 is 1.64. The maximum atomic E-state index is 12.9. The minimum Gasteiger partial charge on any atom is -0.477 e. The van der Waals surface area contributed by atoms with Crippen LogP contribution in [0.3, 0.4) is 0 Å². The van der Waals surface area contributed by atoms with Crippen LogP contribution in [0.15, 0.2) is 57.7 Å². The number of nitrogens with zero attached hydrogens (tertiary/aromatic N) is 2. The average molecular weight is 635 g/mol. The first kappa shape index (κ1) is 28.9. The lowest BCUT2D eigenvalue weighted by atomic mass is 10.0. The van der Waals surface area contributed by atoms with Crippen LogP contribution < -0.4 is 15.6 Å². The molecule has 0 unspecified atom stereocenters. The zero-order valence-corrected chi connectivity index (χ0v) is 24.1. The predicted octanol–water partition coefficient (Wildman–Crippen LogP) is 3.04. The molecule has 3 amide bonds. The molecular weight excluding hydrogens is 615 g/mol. The van der Waals surface area contributed by atoms with E-state index in [1.807, 2.05) is 0 Å². The number of carbonyl (C=O) groups is 4. The largest absolute Gasteiger partial charge is 0.477 e. The molecule has 0 aliphatic carbocycles. The van der Waals surface area contributed by atoms with Crippen molar-refractivity contribution in [2.75, 3.05) is 17.3 Å². The SMILES string of the molecule is NC(=O)C[n+]1ccc(SCC2=C(C(=O)O)N3C(=O)[C@@H](NC(=O)CSc4cc(Cl)c(Cl)cc4Cl)[C@H]3SC2)cc1. The molecule has 1 aromatic carbocycles. The molecule has 9 nitrogen and oxygen atoms in total. The van der Waals surface area contributed by atoms with E-state index in [1.165, 1.54) is 34.5 Å². The number of benzene rings is 1. The molecule has 2 aromatic rings. The number of nitrogens with two attached hydrogens (primary N) is 1. The Labute approximate surface area is 245 Å². The molecule has 200 valence electrons. The van der Waals surface area contributed by atoms with E-state index in [1.54, 1.807) is 35.2 Å². The summed E-state index contributed by atoms with van der Waals surface area (Å²) >= 11 is 22.1. The molecule has 1 aromatic heterocycles. The van der Waals surface area contributed by atoms with Crippen molar-refractivity contribution in [2.45, 2.75) is 27.8 Å². The number of carbonyl (C=O) groups excluding carboxylic acids is 3. The van der Waals surface area contributed by atoms with Gasteiger partial charge in [0.1, 0.15) is 17.1 Å². The molecule has 2 aliphatic rings. The second kappa shape index (κ2) is 12.4. The van der Waals surface area contributed by atoms with Crippen LogP contribution in [0, 0.1) is 0 Å². The summed E-state index contributed by atoms with van der Waals surface area (Å²) in [5.41, 5.74) is 5.76. The highest BCUT2D eigenvalue weighted by atomic mass is 35.5. The van der Waals surface area contributed by atoms with Crippen molar-refractivity contribution in [1.29, 1.82) is 0 Å². The fraction of sp³-hybridized carbons (Fsp3) is 0.261. The number of fused-ring (bicyclic) bond motifs is 1. The van der Waals surface area contributed by atoms with Crippen LogP contribution in [-0.4, -0.2) is 62.4 Å². The first-order chi connectivity index (χ1) is 18.0. The van der Waals surface area contributed by atoms with Gasteiger partial charge in [0, 0.05) is 33.4 Å². The van der Waals surface area contributed by atoms with Crippen molar-refractivity contribution >= 4 is 93.8 Å². The van der Waals surface area contributed by atoms with Gasteiger partial charge in [-0.3, -0.25) is 19.3 Å². The molecule has 2 aliphatic heterocycles. The second-order valence-electron chi connectivity index (χ2n) is 8.16. The summed E-state index contributed by atoms with van der Waals surface area (Å²) in [5.74, 6) is -1.76. The number of amides is 3. The fourth-order valence-corrected chi connectivity index (χ4v) is 7.68. The third kappa shape index (κ3) is 6.54. The number of hydrogen-bond acceptors (Lipinski definition) is 7. The van der Waals surface area contributed by atoms with Crippen LogP contribution >= 0.6 is 70.1 Å². The Morgan fingerprint density at radius 1 is 1.13 bits per heavy atom. The summed E-state index contributed by atoms with van der Waals surface area (Å²) in [5, 5.41) is 13.0. The highest BCUT2D eigenvalue weighted by Gasteiger charge is 2.54. The molecule has 38 heavy (non-hydrogen) atoms. The number of thioether (sulfide) groups is 3. The van der Waals surface area contributed by atoms with Gasteiger partial charge in [-0.05, 0) is 17.7 Å². The number of nitrogens with one attached hydrogen (secondary N) is 1. The van der Waals surface area contributed by atoms with Crippen molar-refractivity contribution in [3.05, 3.63) is 63.0 Å². The maximum absolute atomic E-state index is 12.9. The lowest BCUT2D eigenvalue weighted by molar-refractivity contribution is -0.684. The van der Waals surface area contributed by atoms with Crippen LogP contribution in [0.1, 0.15) is 0 Å². The normalized spacial score (nSPS) is 18.6. The van der Waals surface area contributed by atoms with Crippen molar-refractivity contribution < 1.29 is 28.9 Å². The topological polar surface area (TPSA) is 134 Å². The molecule has 2 atom stereocenters. The maximum Gasteiger partial charge on any atom is 0.352 e. The third-order valence-corrected chi connectivity index (χ3v) is 10.2. The van der Waals surface area contributed by atoms with E-state index in [2.05, 4.69) is 5.32 Å². The van der Waals surface area contributed by atoms with E-state index < -0.39 is 35.1 Å². The number of β-lactam (4-membered cyclic amide) rings is 1. The zero-order chi connectivity index (χ0) is 27.6. The van der Waals surface area contributed by atoms with Crippen LogP contribution in [0.5, 0.6) is 0 Å². The number of pyridine rings is 1. The van der Waals surface area contributed by atoms with E-state index in [-0.39, 0.29) is 18.0 Å². The molecule has 1 fully saturated rings. The van der Waals surface area contributed by atoms with Crippen LogP contribution in [-0.2, 0) is 25.7 Å². The minimum atomic E-state index is -1.19. The average Bonchev–Trinajstić information content (AvgIpc) is 2.87. The molecule has 1 saturated heterocycles. The number of halogens is 3. The van der Waals surface area contributed by atoms with E-state index in [0.717, 1.165) is 16.7 Å². The Hall–Kier alpha value is -2.09. The Balaban J connectivity index is 1.36. The number of primary amides is 1.